The van der Waals surface area contributed by atoms with Crippen LogP contribution in [0.3, 0.4) is 0 Å². The number of imide groups is 1. The third-order valence-electron chi connectivity index (χ3n) is 5.46. The summed E-state index contributed by atoms with van der Waals surface area (Å²) in [5, 5.41) is 3.29. The highest BCUT2D eigenvalue weighted by Gasteiger charge is 2.40. The Bertz CT molecular complexity index is 1340. The number of nitrogens with zero attached hydrogens (tertiary/aromatic N) is 1. The van der Waals surface area contributed by atoms with Gasteiger partial charge in [-0.25, -0.2) is 13.7 Å². The first-order valence-corrected chi connectivity index (χ1v) is 10.4. The molecule has 4 rings (SSSR count). The fourth-order valence-electron chi connectivity index (χ4n) is 3.56. The molecule has 0 bridgehead atoms. The summed E-state index contributed by atoms with van der Waals surface area (Å²) in [4.78, 5) is 27.6. The molecule has 5 nitrogen and oxygen atoms in total. The topological polar surface area (TPSA) is 58.6 Å². The van der Waals surface area contributed by atoms with E-state index >= 15 is 0 Å². The predicted molar refractivity (Wildman–Crippen MR) is 123 cm³/mol. The summed E-state index contributed by atoms with van der Waals surface area (Å²) >= 11 is 6.21. The molecule has 0 saturated carbocycles. The molecule has 0 aromatic heterocycles. The van der Waals surface area contributed by atoms with Crippen molar-refractivity contribution >= 4 is 40.4 Å². The van der Waals surface area contributed by atoms with Gasteiger partial charge in [0.15, 0.2) is 11.6 Å². The molecule has 1 N–H and O–H groups in total. The Labute approximate surface area is 194 Å². The van der Waals surface area contributed by atoms with Gasteiger partial charge in [0.1, 0.15) is 11.4 Å². The summed E-state index contributed by atoms with van der Waals surface area (Å²) < 4.78 is 32.5. The maximum absolute atomic E-state index is 13.9. The van der Waals surface area contributed by atoms with Gasteiger partial charge >= 0.3 is 0 Å². The van der Waals surface area contributed by atoms with Crippen LogP contribution in [0.4, 0.5) is 20.2 Å². The summed E-state index contributed by atoms with van der Waals surface area (Å²) in [7, 11) is 1.48. The van der Waals surface area contributed by atoms with Crippen molar-refractivity contribution < 1.29 is 23.1 Å². The van der Waals surface area contributed by atoms with Gasteiger partial charge in [-0.2, -0.15) is 0 Å². The standard InChI is InChI=1S/C25H19ClF2N2O3/c1-13-4-5-15(10-14(13)2)22-23(29-16-6-9-21(33-3)18(26)11-16)25(32)30(24(22)31)17-7-8-19(27)20(28)12-17/h4-12,29H,1-3H3. The fourth-order valence-corrected chi connectivity index (χ4v) is 3.82. The Morgan fingerprint density at radius 1 is 0.879 bits per heavy atom. The molecule has 0 aliphatic carbocycles. The molecular formula is C25H19ClF2N2O3. The van der Waals surface area contributed by atoms with Crippen LogP contribution in [0.5, 0.6) is 5.75 Å². The summed E-state index contributed by atoms with van der Waals surface area (Å²) in [6.45, 7) is 3.82. The second-order valence-electron chi connectivity index (χ2n) is 7.57. The number of hydrogen-bond acceptors (Lipinski definition) is 4. The minimum atomic E-state index is -1.16. The van der Waals surface area contributed by atoms with E-state index in [0.29, 0.717) is 22.0 Å². The van der Waals surface area contributed by atoms with Crippen LogP contribution in [-0.4, -0.2) is 18.9 Å². The Kier molecular flexibility index (Phi) is 5.91. The lowest BCUT2D eigenvalue weighted by Gasteiger charge is -2.16. The lowest BCUT2D eigenvalue weighted by molar-refractivity contribution is -0.120. The van der Waals surface area contributed by atoms with Gasteiger partial charge in [-0.1, -0.05) is 29.8 Å². The minimum Gasteiger partial charge on any atom is -0.495 e. The van der Waals surface area contributed by atoms with Crippen molar-refractivity contribution in [2.24, 2.45) is 0 Å². The zero-order chi connectivity index (χ0) is 23.9. The van der Waals surface area contributed by atoms with Gasteiger partial charge < -0.3 is 10.1 Å². The van der Waals surface area contributed by atoms with Gasteiger partial charge in [0.05, 0.1) is 23.4 Å². The molecule has 33 heavy (non-hydrogen) atoms. The molecule has 1 aliphatic rings. The number of methoxy groups -OCH3 is 1. The normalized spacial score (nSPS) is 13.7. The van der Waals surface area contributed by atoms with E-state index in [1.807, 2.05) is 19.9 Å². The first-order valence-electron chi connectivity index (χ1n) is 9.97. The first-order chi connectivity index (χ1) is 15.7. The molecule has 3 aromatic carbocycles. The van der Waals surface area contributed by atoms with Gasteiger partial charge in [-0.15, -0.1) is 0 Å². The van der Waals surface area contributed by atoms with Crippen molar-refractivity contribution in [2.45, 2.75) is 13.8 Å². The SMILES string of the molecule is COc1ccc(NC2=C(c3ccc(C)c(C)c3)C(=O)N(c3ccc(F)c(F)c3)C2=O)cc1Cl. The zero-order valence-electron chi connectivity index (χ0n) is 18.0. The van der Waals surface area contributed by atoms with E-state index in [0.717, 1.165) is 28.2 Å². The van der Waals surface area contributed by atoms with Gasteiger partial charge in [0, 0.05) is 11.8 Å². The average molecular weight is 469 g/mol. The number of ether oxygens (including phenoxy) is 1. The monoisotopic (exact) mass is 468 g/mol. The number of aryl methyl sites for hydroxylation is 2. The van der Waals surface area contributed by atoms with Gasteiger partial charge in [-0.05, 0) is 60.9 Å². The largest absolute Gasteiger partial charge is 0.495 e. The minimum absolute atomic E-state index is 0.00535. The number of benzene rings is 3. The van der Waals surface area contributed by atoms with Crippen LogP contribution in [0, 0.1) is 25.5 Å². The van der Waals surface area contributed by atoms with Crippen molar-refractivity contribution in [1.29, 1.82) is 0 Å². The van der Waals surface area contributed by atoms with Crippen LogP contribution < -0.4 is 15.0 Å². The van der Waals surface area contributed by atoms with Crippen molar-refractivity contribution in [2.75, 3.05) is 17.3 Å². The van der Waals surface area contributed by atoms with E-state index in [-0.39, 0.29) is 17.0 Å². The molecule has 1 aliphatic heterocycles. The summed E-state index contributed by atoms with van der Waals surface area (Å²) in [6, 6.07) is 13.1. The molecule has 0 fully saturated rings. The predicted octanol–water partition coefficient (Wildman–Crippen LogP) is 5.64. The molecule has 3 aromatic rings. The molecule has 0 radical (unpaired) electrons. The molecule has 8 heteroatoms. The quantitative estimate of drug-likeness (QED) is 0.492. The molecule has 1 heterocycles. The Hall–Kier alpha value is -3.71. The lowest BCUT2D eigenvalue weighted by atomic mass is 9.99. The van der Waals surface area contributed by atoms with E-state index in [2.05, 4.69) is 5.32 Å². The molecule has 0 saturated heterocycles. The van der Waals surface area contributed by atoms with E-state index in [9.17, 15) is 18.4 Å². The summed E-state index contributed by atoms with van der Waals surface area (Å²) in [6.07, 6.45) is 0. The van der Waals surface area contributed by atoms with E-state index in [1.54, 1.807) is 30.3 Å². The lowest BCUT2D eigenvalue weighted by Crippen LogP contribution is -2.32. The number of carbonyl (C=O) groups excluding carboxylic acids is 2. The number of hydrogen-bond donors (Lipinski definition) is 1. The maximum Gasteiger partial charge on any atom is 0.282 e. The molecule has 0 spiro atoms. The third kappa shape index (κ3) is 4.07. The number of amides is 2. The number of carbonyl (C=O) groups is 2. The smallest absolute Gasteiger partial charge is 0.282 e. The Morgan fingerprint density at radius 2 is 1.64 bits per heavy atom. The second kappa shape index (κ2) is 8.67. The van der Waals surface area contributed by atoms with Crippen LogP contribution in [0.15, 0.2) is 60.3 Å². The average Bonchev–Trinajstić information content (AvgIpc) is 3.02. The van der Waals surface area contributed by atoms with Crippen LogP contribution in [-0.2, 0) is 9.59 Å². The van der Waals surface area contributed by atoms with Crippen molar-refractivity contribution in [3.05, 3.63) is 93.6 Å². The van der Waals surface area contributed by atoms with Crippen LogP contribution >= 0.6 is 11.6 Å². The number of anilines is 2. The van der Waals surface area contributed by atoms with Crippen molar-refractivity contribution in [1.82, 2.24) is 0 Å². The summed E-state index contributed by atoms with van der Waals surface area (Å²) in [5.74, 6) is -3.15. The molecular weight excluding hydrogens is 450 g/mol. The highest BCUT2D eigenvalue weighted by molar-refractivity contribution is 6.46. The second-order valence-corrected chi connectivity index (χ2v) is 7.97. The van der Waals surface area contributed by atoms with Gasteiger partial charge in [0.2, 0.25) is 0 Å². The molecule has 0 unspecified atom stereocenters. The van der Waals surface area contributed by atoms with Gasteiger partial charge in [0.25, 0.3) is 11.8 Å². The zero-order valence-corrected chi connectivity index (χ0v) is 18.8. The first kappa shape index (κ1) is 22.5. The number of nitrogens with one attached hydrogen (secondary N) is 1. The van der Waals surface area contributed by atoms with Crippen LogP contribution in [0.2, 0.25) is 5.02 Å². The van der Waals surface area contributed by atoms with Crippen LogP contribution in [0.1, 0.15) is 16.7 Å². The molecule has 168 valence electrons. The van der Waals surface area contributed by atoms with E-state index < -0.39 is 23.4 Å². The third-order valence-corrected chi connectivity index (χ3v) is 5.76. The highest BCUT2D eigenvalue weighted by Crippen LogP contribution is 2.36. The highest BCUT2D eigenvalue weighted by atomic mass is 35.5. The van der Waals surface area contributed by atoms with Crippen molar-refractivity contribution in [3.63, 3.8) is 0 Å². The molecule has 0 atom stereocenters. The number of halogens is 3. The van der Waals surface area contributed by atoms with E-state index in [1.165, 1.54) is 13.2 Å². The Balaban J connectivity index is 1.84. The van der Waals surface area contributed by atoms with Crippen LogP contribution in [0.25, 0.3) is 5.57 Å². The van der Waals surface area contributed by atoms with E-state index in [4.69, 9.17) is 16.3 Å². The number of rotatable bonds is 5. The summed E-state index contributed by atoms with van der Waals surface area (Å²) in [5.41, 5.74) is 2.95. The van der Waals surface area contributed by atoms with Gasteiger partial charge in [-0.3, -0.25) is 9.59 Å². The molecule has 2 amide bonds. The van der Waals surface area contributed by atoms with Crippen molar-refractivity contribution in [3.8, 4) is 5.75 Å². The Morgan fingerprint density at radius 3 is 2.27 bits per heavy atom. The fraction of sp³-hybridized carbons (Fsp3) is 0.120. The maximum atomic E-state index is 13.9.